The predicted molar refractivity (Wildman–Crippen MR) is 230 cm³/mol. The Kier molecular flexibility index (Phi) is 10.9. The maximum absolute atomic E-state index is 6.47. The molecule has 3 aromatic carbocycles. The second-order valence-corrected chi connectivity index (χ2v) is 20.1. The number of ether oxygens (including phenoxy) is 2. The van der Waals surface area contributed by atoms with E-state index in [0.717, 1.165) is 65.1 Å². The van der Waals surface area contributed by atoms with Gasteiger partial charge in [-0.1, -0.05) is 114 Å². The fraction of sp³-hybridized carbons (Fsp3) is 0.585. The van der Waals surface area contributed by atoms with Crippen LogP contribution in [0.2, 0.25) is 0 Å². The Morgan fingerprint density at radius 3 is 1.98 bits per heavy atom. The van der Waals surface area contributed by atoms with E-state index in [9.17, 15) is 0 Å². The minimum atomic E-state index is 0.0117. The van der Waals surface area contributed by atoms with Crippen molar-refractivity contribution in [3.8, 4) is 17.2 Å². The highest BCUT2D eigenvalue weighted by atomic mass is 16.5. The molecule has 294 valence electrons. The molecule has 5 aliphatic carbocycles. The van der Waals surface area contributed by atoms with Crippen LogP contribution in [0.5, 0.6) is 17.2 Å². The van der Waals surface area contributed by atoms with Gasteiger partial charge in [0.15, 0.2) is 0 Å². The van der Waals surface area contributed by atoms with E-state index >= 15 is 0 Å². The smallest absolute Gasteiger partial charge is 0.127 e. The van der Waals surface area contributed by atoms with Crippen molar-refractivity contribution in [2.24, 2.45) is 52.3 Å². The Labute approximate surface area is 334 Å². The molecule has 0 N–H and O–H groups in total. The molecule has 5 aliphatic rings. The summed E-state index contributed by atoms with van der Waals surface area (Å²) in [5, 5.41) is 0. The van der Waals surface area contributed by atoms with E-state index in [1.54, 1.807) is 0 Å². The van der Waals surface area contributed by atoms with Gasteiger partial charge in [0, 0.05) is 11.8 Å². The van der Waals surface area contributed by atoms with Crippen LogP contribution >= 0.6 is 0 Å². The summed E-state index contributed by atoms with van der Waals surface area (Å²) in [7, 11) is 0. The summed E-state index contributed by atoms with van der Waals surface area (Å²) < 4.78 is 12.8. The maximum atomic E-state index is 6.47. The Morgan fingerprint density at radius 1 is 0.673 bits per heavy atom. The topological polar surface area (TPSA) is 18.5 Å². The average Bonchev–Trinajstić information content (AvgIpc) is 3.54. The maximum Gasteiger partial charge on any atom is 0.127 e. The molecule has 0 heterocycles. The molecule has 10 unspecified atom stereocenters. The summed E-state index contributed by atoms with van der Waals surface area (Å²) in [5.74, 6) is 8.89. The van der Waals surface area contributed by atoms with E-state index < -0.39 is 0 Å². The molecule has 0 aromatic heterocycles. The zero-order chi connectivity index (χ0) is 38.4. The van der Waals surface area contributed by atoms with Crippen LogP contribution in [-0.2, 0) is 5.41 Å². The minimum absolute atomic E-state index is 0.0117. The van der Waals surface area contributed by atoms with E-state index in [4.69, 9.17) is 9.47 Å². The standard InChI is InChI=1S/C53H70O2/c1-36(2)9-8-10-39(5)48-29-30-49-47-28-19-42-35-53(34-33-51(42,6)50(47)31-32-52(48,49)7,40-15-24-45(25-16-40)54-43-20-11-37(3)12-21-43)41-17-26-46(27-18-41)55-44-22-13-38(4)14-23-44/h11-18,20-26,36,39,42,46-50H,8-10,19,27-35H2,1-7H3. The van der Waals surface area contributed by atoms with Crippen LogP contribution in [0.1, 0.15) is 135 Å². The molecular weight excluding hydrogens is 669 g/mol. The first kappa shape index (κ1) is 38.6. The molecule has 0 radical (unpaired) electrons. The second kappa shape index (κ2) is 15.6. The van der Waals surface area contributed by atoms with Crippen LogP contribution in [0.15, 0.2) is 96.6 Å². The summed E-state index contributed by atoms with van der Waals surface area (Å²) in [5.41, 5.74) is 6.48. The fourth-order valence-electron chi connectivity index (χ4n) is 13.4. The normalized spacial score (nSPS) is 34.7. The van der Waals surface area contributed by atoms with Gasteiger partial charge in [-0.2, -0.15) is 0 Å². The van der Waals surface area contributed by atoms with Crippen molar-refractivity contribution in [2.75, 3.05) is 0 Å². The summed E-state index contributed by atoms with van der Waals surface area (Å²) >= 11 is 0. The van der Waals surface area contributed by atoms with E-state index in [1.807, 2.05) is 0 Å². The van der Waals surface area contributed by atoms with Crippen LogP contribution in [0, 0.1) is 66.1 Å². The number of allylic oxidation sites excluding steroid dienone is 2. The van der Waals surface area contributed by atoms with Crippen molar-refractivity contribution in [3.63, 3.8) is 0 Å². The van der Waals surface area contributed by atoms with Gasteiger partial charge in [0.25, 0.3) is 0 Å². The van der Waals surface area contributed by atoms with E-state index in [2.05, 4.69) is 139 Å². The molecular formula is C53H70O2. The number of aryl methyl sites for hydroxylation is 2. The van der Waals surface area contributed by atoms with Gasteiger partial charge >= 0.3 is 0 Å². The summed E-state index contributed by atoms with van der Waals surface area (Å²) in [6, 6.07) is 26.1. The lowest BCUT2D eigenvalue weighted by atomic mass is 9.41. The largest absolute Gasteiger partial charge is 0.486 e. The molecule has 55 heavy (non-hydrogen) atoms. The Morgan fingerprint density at radius 2 is 1.33 bits per heavy atom. The first-order chi connectivity index (χ1) is 26.5. The number of fused-ring (bicyclic) bond motifs is 5. The zero-order valence-corrected chi connectivity index (χ0v) is 35.3. The van der Waals surface area contributed by atoms with Crippen molar-refractivity contribution in [2.45, 2.75) is 143 Å². The van der Waals surface area contributed by atoms with Crippen LogP contribution in [-0.4, -0.2) is 6.10 Å². The SMILES string of the molecule is Cc1ccc(Oc2ccc(C3(C4=CCC(Oc5ccc(C)cc5)C=C4)CCC4(C)C(CCC5C4CCC4(C)C(C(C)CCCC(C)C)CCC54)C3)cc2)cc1. The van der Waals surface area contributed by atoms with Crippen LogP contribution in [0.4, 0.5) is 0 Å². The lowest BCUT2D eigenvalue weighted by molar-refractivity contribution is -0.122. The molecule has 0 saturated heterocycles. The van der Waals surface area contributed by atoms with Gasteiger partial charge in [-0.25, -0.2) is 0 Å². The molecule has 4 saturated carbocycles. The highest BCUT2D eigenvalue weighted by molar-refractivity contribution is 5.47. The third-order valence-corrected chi connectivity index (χ3v) is 16.5. The Balaban J connectivity index is 1.03. The van der Waals surface area contributed by atoms with Gasteiger partial charge in [0.1, 0.15) is 23.4 Å². The van der Waals surface area contributed by atoms with Crippen molar-refractivity contribution >= 4 is 0 Å². The van der Waals surface area contributed by atoms with E-state index in [1.165, 1.54) is 99.3 Å². The molecule has 2 nitrogen and oxygen atoms in total. The zero-order valence-electron chi connectivity index (χ0n) is 35.3. The van der Waals surface area contributed by atoms with Crippen molar-refractivity contribution in [1.29, 1.82) is 0 Å². The molecule has 3 aromatic rings. The highest BCUT2D eigenvalue weighted by Crippen LogP contribution is 2.70. The first-order valence-corrected chi connectivity index (χ1v) is 22.4. The Hall–Kier alpha value is -3.26. The van der Waals surface area contributed by atoms with Gasteiger partial charge in [-0.05, 0) is 178 Å². The average molecular weight is 739 g/mol. The number of hydrogen-bond acceptors (Lipinski definition) is 2. The van der Waals surface area contributed by atoms with Crippen molar-refractivity contribution in [1.82, 2.24) is 0 Å². The van der Waals surface area contributed by atoms with Crippen LogP contribution in [0.3, 0.4) is 0 Å². The summed E-state index contributed by atoms with van der Waals surface area (Å²) in [4.78, 5) is 0. The number of rotatable bonds is 11. The third-order valence-electron chi connectivity index (χ3n) is 16.5. The Bertz CT molecular complexity index is 1820. The van der Waals surface area contributed by atoms with Gasteiger partial charge < -0.3 is 9.47 Å². The molecule has 0 spiro atoms. The van der Waals surface area contributed by atoms with Gasteiger partial charge in [0.05, 0.1) is 0 Å². The molecule has 2 heteroatoms. The second-order valence-electron chi connectivity index (χ2n) is 20.1. The van der Waals surface area contributed by atoms with Gasteiger partial charge in [-0.15, -0.1) is 0 Å². The summed E-state index contributed by atoms with van der Waals surface area (Å²) in [6.07, 6.45) is 25.1. The highest BCUT2D eigenvalue weighted by Gasteiger charge is 2.62. The quantitative estimate of drug-likeness (QED) is 0.195. The number of hydrogen-bond donors (Lipinski definition) is 0. The van der Waals surface area contributed by atoms with Gasteiger partial charge in [0.2, 0.25) is 0 Å². The molecule has 4 fully saturated rings. The minimum Gasteiger partial charge on any atom is -0.486 e. The lowest BCUT2D eigenvalue weighted by Crippen LogP contribution is -2.55. The molecule has 8 rings (SSSR count). The van der Waals surface area contributed by atoms with Gasteiger partial charge in [-0.3, -0.25) is 0 Å². The molecule has 10 atom stereocenters. The van der Waals surface area contributed by atoms with Crippen molar-refractivity contribution in [3.05, 3.63) is 113 Å². The van der Waals surface area contributed by atoms with E-state index in [0.29, 0.717) is 10.8 Å². The molecule has 0 bridgehead atoms. The molecule has 0 amide bonds. The number of benzene rings is 3. The van der Waals surface area contributed by atoms with Crippen LogP contribution < -0.4 is 9.47 Å². The van der Waals surface area contributed by atoms with E-state index in [-0.39, 0.29) is 11.5 Å². The van der Waals surface area contributed by atoms with Crippen molar-refractivity contribution < 1.29 is 9.47 Å². The monoisotopic (exact) mass is 739 g/mol. The third kappa shape index (κ3) is 7.50. The predicted octanol–water partition coefficient (Wildman–Crippen LogP) is 14.8. The first-order valence-electron chi connectivity index (χ1n) is 22.4. The lowest BCUT2D eigenvalue weighted by Gasteiger charge is -2.63. The molecule has 0 aliphatic heterocycles. The van der Waals surface area contributed by atoms with Crippen LogP contribution in [0.25, 0.3) is 0 Å². The summed E-state index contributed by atoms with van der Waals surface area (Å²) in [6.45, 7) is 17.2. The fourth-order valence-corrected chi connectivity index (χ4v) is 13.4.